The molecule has 0 radical (unpaired) electrons. The number of aliphatic hydroxyl groups excluding tert-OH is 1. The van der Waals surface area contributed by atoms with E-state index in [9.17, 15) is 5.11 Å². The number of hydrogen-bond donors (Lipinski definition) is 1. The molecule has 2 aromatic rings. The van der Waals surface area contributed by atoms with E-state index in [0.717, 1.165) is 0 Å². The molecule has 1 unspecified atom stereocenters. The van der Waals surface area contributed by atoms with E-state index in [1.165, 1.54) is 17.3 Å². The Labute approximate surface area is 145 Å². The van der Waals surface area contributed by atoms with Crippen LogP contribution in [0.5, 0.6) is 0 Å². The number of ether oxygens (including phenoxy) is 1. The second-order valence-corrected chi connectivity index (χ2v) is 6.36. The van der Waals surface area contributed by atoms with Crippen LogP contribution in [0.3, 0.4) is 0 Å². The molecular weight excluding hydrogens is 337 g/mol. The molecule has 0 spiro atoms. The van der Waals surface area contributed by atoms with Crippen molar-refractivity contribution in [1.29, 1.82) is 0 Å². The van der Waals surface area contributed by atoms with Crippen molar-refractivity contribution in [2.24, 2.45) is 0 Å². The first-order chi connectivity index (χ1) is 10.8. The Hall–Kier alpha value is -1.40. The Morgan fingerprint density at radius 3 is 2.74 bits per heavy atom. The molecule has 23 heavy (non-hydrogen) atoms. The van der Waals surface area contributed by atoms with Gasteiger partial charge in [0.05, 0.1) is 11.3 Å². The summed E-state index contributed by atoms with van der Waals surface area (Å²) in [6.45, 7) is 5.99. The van der Waals surface area contributed by atoms with Crippen LogP contribution in [0.4, 0.5) is 0 Å². The van der Waals surface area contributed by atoms with Crippen LogP contribution in [-0.2, 0) is 4.74 Å². The Kier molecular flexibility index (Phi) is 5.81. The molecule has 0 amide bonds. The molecule has 0 saturated carbocycles. The van der Waals surface area contributed by atoms with Gasteiger partial charge in [0.25, 0.3) is 0 Å². The van der Waals surface area contributed by atoms with Gasteiger partial charge in [0.15, 0.2) is 0 Å². The quantitative estimate of drug-likeness (QED) is 0.856. The van der Waals surface area contributed by atoms with Crippen molar-refractivity contribution in [1.82, 2.24) is 14.8 Å². The summed E-state index contributed by atoms with van der Waals surface area (Å²) in [4.78, 5) is 3.94. The minimum absolute atomic E-state index is 0.483. The third kappa shape index (κ3) is 4.32. The maximum Gasteiger partial charge on any atom is 0.138 e. The zero-order chi connectivity index (χ0) is 17.0. The van der Waals surface area contributed by atoms with Crippen LogP contribution in [-0.4, -0.2) is 38.2 Å². The van der Waals surface area contributed by atoms with E-state index >= 15 is 0 Å². The summed E-state index contributed by atoms with van der Waals surface area (Å²) in [5.41, 5.74) is 0.420. The Bertz CT molecular complexity index is 685. The van der Waals surface area contributed by atoms with Gasteiger partial charge in [-0.15, -0.1) is 0 Å². The summed E-state index contributed by atoms with van der Waals surface area (Å²) in [5.74, 6) is 0. The lowest BCUT2D eigenvalue weighted by molar-refractivity contribution is -0.0753. The lowest BCUT2D eigenvalue weighted by Gasteiger charge is -2.31. The number of aliphatic hydroxyl groups is 1. The van der Waals surface area contributed by atoms with Gasteiger partial charge in [-0.1, -0.05) is 29.3 Å². The van der Waals surface area contributed by atoms with Gasteiger partial charge < -0.3 is 9.84 Å². The fraction of sp³-hybridized carbons (Fsp3) is 0.375. The average molecular weight is 356 g/mol. The van der Waals surface area contributed by atoms with Crippen molar-refractivity contribution in [2.45, 2.75) is 32.5 Å². The summed E-state index contributed by atoms with van der Waals surface area (Å²) < 4.78 is 7.15. The normalized spacial score (nSPS) is 14.1. The van der Waals surface area contributed by atoms with Gasteiger partial charge in [0, 0.05) is 16.7 Å². The van der Waals surface area contributed by atoms with Gasteiger partial charge in [-0.25, -0.2) is 9.67 Å². The molecule has 5 nitrogen and oxygen atoms in total. The first-order valence-corrected chi connectivity index (χ1v) is 7.94. The lowest BCUT2D eigenvalue weighted by Crippen LogP contribution is -2.41. The highest BCUT2D eigenvalue weighted by molar-refractivity contribution is 6.35. The van der Waals surface area contributed by atoms with Crippen LogP contribution >= 0.6 is 23.2 Å². The molecule has 0 saturated heterocycles. The highest BCUT2D eigenvalue weighted by Crippen LogP contribution is 2.29. The molecule has 0 aliphatic carbocycles. The number of halogens is 2. The largest absolute Gasteiger partial charge is 0.384 e. The predicted molar refractivity (Wildman–Crippen MR) is 92.4 cm³/mol. The molecule has 1 N–H and O–H groups in total. The minimum atomic E-state index is -0.934. The van der Waals surface area contributed by atoms with Crippen LogP contribution in [0, 0.1) is 0 Å². The van der Waals surface area contributed by atoms with Crippen LogP contribution in [0.2, 0.25) is 10.0 Å². The van der Waals surface area contributed by atoms with Crippen molar-refractivity contribution in [3.8, 4) is 0 Å². The fourth-order valence-corrected chi connectivity index (χ4v) is 2.66. The van der Waals surface area contributed by atoms with Gasteiger partial charge in [-0.3, -0.25) is 0 Å². The third-order valence-corrected chi connectivity index (χ3v) is 3.97. The Balaban J connectivity index is 2.49. The first kappa shape index (κ1) is 17.9. The molecular formula is C16H19Cl2N3O2. The summed E-state index contributed by atoms with van der Waals surface area (Å²) in [6.07, 6.45) is 3.73. The molecule has 1 atom stereocenters. The topological polar surface area (TPSA) is 60.2 Å². The van der Waals surface area contributed by atoms with Crippen molar-refractivity contribution in [3.63, 3.8) is 0 Å². The predicted octanol–water partition coefficient (Wildman–Crippen LogP) is 3.76. The van der Waals surface area contributed by atoms with Crippen LogP contribution in [0.1, 0.15) is 26.3 Å². The first-order valence-electron chi connectivity index (χ1n) is 7.19. The highest BCUT2D eigenvalue weighted by atomic mass is 35.5. The van der Waals surface area contributed by atoms with Gasteiger partial charge in [0.2, 0.25) is 0 Å². The van der Waals surface area contributed by atoms with Gasteiger partial charge in [0.1, 0.15) is 18.8 Å². The SMILES string of the molecule is CCOC(C)(C)C(O)/C(=C/c1ccc(Cl)cc1Cl)n1cncn1. The lowest BCUT2D eigenvalue weighted by atomic mass is 9.97. The van der Waals surface area contributed by atoms with Crippen molar-refractivity contribution in [2.75, 3.05) is 6.61 Å². The number of rotatable bonds is 6. The maximum atomic E-state index is 10.8. The summed E-state index contributed by atoms with van der Waals surface area (Å²) >= 11 is 12.2. The van der Waals surface area contributed by atoms with Crippen LogP contribution in [0.15, 0.2) is 30.9 Å². The molecule has 2 rings (SSSR count). The van der Waals surface area contributed by atoms with Crippen molar-refractivity contribution < 1.29 is 9.84 Å². The van der Waals surface area contributed by atoms with E-state index in [1.54, 1.807) is 24.3 Å². The standard InChI is InChI=1S/C16H19Cl2N3O2/c1-4-23-16(2,3)15(22)14(21-10-19-9-20-21)7-11-5-6-12(17)8-13(11)18/h5-10,15,22H,4H2,1-3H3/b14-7-. The van der Waals surface area contributed by atoms with Crippen molar-refractivity contribution >= 4 is 35.0 Å². The average Bonchev–Trinajstić information content (AvgIpc) is 3.00. The Morgan fingerprint density at radius 1 is 1.43 bits per heavy atom. The maximum absolute atomic E-state index is 10.8. The zero-order valence-electron chi connectivity index (χ0n) is 13.2. The van der Waals surface area contributed by atoms with Crippen LogP contribution in [0.25, 0.3) is 11.8 Å². The number of benzene rings is 1. The van der Waals surface area contributed by atoms with Crippen LogP contribution < -0.4 is 0 Å². The minimum Gasteiger partial charge on any atom is -0.384 e. The molecule has 0 aliphatic rings. The molecule has 0 aliphatic heterocycles. The third-order valence-electron chi connectivity index (χ3n) is 3.40. The monoisotopic (exact) mass is 355 g/mol. The molecule has 0 fully saturated rings. The molecule has 0 bridgehead atoms. The second-order valence-electron chi connectivity index (χ2n) is 5.51. The van der Waals surface area contributed by atoms with E-state index in [2.05, 4.69) is 10.1 Å². The van der Waals surface area contributed by atoms with E-state index in [-0.39, 0.29) is 0 Å². The second kappa shape index (κ2) is 7.45. The fourth-order valence-electron chi connectivity index (χ4n) is 2.20. The zero-order valence-corrected chi connectivity index (χ0v) is 14.7. The molecule has 1 heterocycles. The molecule has 1 aromatic carbocycles. The molecule has 7 heteroatoms. The number of nitrogens with zero attached hydrogens (tertiary/aromatic N) is 3. The van der Waals surface area contributed by atoms with E-state index in [0.29, 0.717) is 27.9 Å². The summed E-state index contributed by atoms with van der Waals surface area (Å²) in [7, 11) is 0. The van der Waals surface area contributed by atoms with Gasteiger partial charge in [-0.2, -0.15) is 5.10 Å². The van der Waals surface area contributed by atoms with E-state index in [4.69, 9.17) is 27.9 Å². The Morgan fingerprint density at radius 2 is 2.17 bits per heavy atom. The van der Waals surface area contributed by atoms with E-state index in [1.807, 2.05) is 20.8 Å². The number of aromatic nitrogens is 3. The van der Waals surface area contributed by atoms with Gasteiger partial charge >= 0.3 is 0 Å². The van der Waals surface area contributed by atoms with Gasteiger partial charge in [-0.05, 0) is 44.5 Å². The van der Waals surface area contributed by atoms with Crippen molar-refractivity contribution in [3.05, 3.63) is 46.5 Å². The summed E-state index contributed by atoms with van der Waals surface area (Å²) in [6, 6.07) is 5.16. The highest BCUT2D eigenvalue weighted by Gasteiger charge is 2.32. The van der Waals surface area contributed by atoms with E-state index < -0.39 is 11.7 Å². The number of hydrogen-bond acceptors (Lipinski definition) is 4. The summed E-state index contributed by atoms with van der Waals surface area (Å²) in [5, 5.41) is 15.9. The molecule has 124 valence electrons. The molecule has 1 aromatic heterocycles. The smallest absolute Gasteiger partial charge is 0.138 e.